The second-order valence-electron chi connectivity index (χ2n) is 2.27. The number of halogens is 1. The summed E-state index contributed by atoms with van der Waals surface area (Å²) in [7, 11) is 0. The third-order valence-corrected chi connectivity index (χ3v) is 1.52. The van der Waals surface area contributed by atoms with Crippen LogP contribution >= 0.6 is 12.4 Å². The maximum absolute atomic E-state index is 5.49. The van der Waals surface area contributed by atoms with Gasteiger partial charge in [-0.2, -0.15) is 0 Å². The summed E-state index contributed by atoms with van der Waals surface area (Å²) >= 11 is 0. The minimum atomic E-state index is 0. The van der Waals surface area contributed by atoms with Crippen molar-refractivity contribution in [3.05, 3.63) is 11.3 Å². The topological polar surface area (TPSA) is 63.9 Å². The Morgan fingerprint density at radius 3 is 2.75 bits per heavy atom. The van der Waals surface area contributed by atoms with Gasteiger partial charge in [0.2, 0.25) is 5.88 Å². The molecule has 0 aliphatic heterocycles. The van der Waals surface area contributed by atoms with E-state index in [0.717, 1.165) is 11.3 Å². The fourth-order valence-electron chi connectivity index (χ4n) is 0.926. The molecule has 1 aromatic heterocycles. The Balaban J connectivity index is 0.00000121. The molecule has 0 aromatic carbocycles. The first-order chi connectivity index (χ1) is 5.29. The first kappa shape index (κ1) is 11.3. The molecular formula is C7H14ClN3O. The molecule has 3 N–H and O–H groups in total. The van der Waals surface area contributed by atoms with Crippen molar-refractivity contribution in [1.82, 2.24) is 10.2 Å². The summed E-state index contributed by atoms with van der Waals surface area (Å²) in [4.78, 5) is 0. The van der Waals surface area contributed by atoms with Gasteiger partial charge in [0.25, 0.3) is 0 Å². The van der Waals surface area contributed by atoms with Crippen LogP contribution in [-0.2, 0) is 6.54 Å². The number of aromatic amines is 1. The molecule has 0 amide bonds. The van der Waals surface area contributed by atoms with Gasteiger partial charge in [0.05, 0.1) is 6.61 Å². The zero-order chi connectivity index (χ0) is 8.27. The fraction of sp³-hybridized carbons (Fsp3) is 0.571. The van der Waals surface area contributed by atoms with Gasteiger partial charge >= 0.3 is 0 Å². The van der Waals surface area contributed by atoms with Crippen molar-refractivity contribution in [1.29, 1.82) is 0 Å². The second kappa shape index (κ2) is 5.00. The van der Waals surface area contributed by atoms with E-state index in [1.807, 2.05) is 13.8 Å². The van der Waals surface area contributed by atoms with Crippen LogP contribution < -0.4 is 10.5 Å². The van der Waals surface area contributed by atoms with Gasteiger partial charge in [-0.3, -0.25) is 5.10 Å². The number of nitrogens with two attached hydrogens (primary N) is 1. The predicted molar refractivity (Wildman–Crippen MR) is 49.6 cm³/mol. The van der Waals surface area contributed by atoms with Gasteiger partial charge in [0, 0.05) is 17.8 Å². The van der Waals surface area contributed by atoms with Gasteiger partial charge < -0.3 is 10.5 Å². The lowest BCUT2D eigenvalue weighted by molar-refractivity contribution is 0.323. The van der Waals surface area contributed by atoms with Crippen molar-refractivity contribution in [3.8, 4) is 5.88 Å². The molecule has 0 atom stereocenters. The number of ether oxygens (including phenoxy) is 1. The van der Waals surface area contributed by atoms with E-state index in [1.54, 1.807) is 0 Å². The number of hydrogen-bond acceptors (Lipinski definition) is 3. The zero-order valence-corrected chi connectivity index (χ0v) is 8.07. The van der Waals surface area contributed by atoms with Crippen LogP contribution in [0.1, 0.15) is 18.2 Å². The van der Waals surface area contributed by atoms with E-state index in [9.17, 15) is 0 Å². The standard InChI is InChI=1S/C7H13N3O.ClH/c1-3-11-7-6(4-8)5(2)9-10-7;/h3-4,8H2,1-2H3,(H,9,10);1H. The molecule has 70 valence electrons. The summed E-state index contributed by atoms with van der Waals surface area (Å²) in [5.74, 6) is 0.632. The monoisotopic (exact) mass is 191 g/mol. The normalized spacial score (nSPS) is 9.25. The van der Waals surface area contributed by atoms with Gasteiger partial charge in [-0.15, -0.1) is 17.5 Å². The SMILES string of the molecule is CCOc1n[nH]c(C)c1CN.Cl. The lowest BCUT2D eigenvalue weighted by Crippen LogP contribution is -2.01. The van der Waals surface area contributed by atoms with E-state index in [4.69, 9.17) is 10.5 Å². The number of rotatable bonds is 3. The zero-order valence-electron chi connectivity index (χ0n) is 7.26. The van der Waals surface area contributed by atoms with Crippen LogP contribution in [0.4, 0.5) is 0 Å². The number of nitrogens with one attached hydrogen (secondary N) is 1. The Morgan fingerprint density at radius 1 is 1.58 bits per heavy atom. The summed E-state index contributed by atoms with van der Waals surface area (Å²) in [5.41, 5.74) is 7.43. The van der Waals surface area contributed by atoms with Crippen LogP contribution in [0.3, 0.4) is 0 Å². The summed E-state index contributed by atoms with van der Waals surface area (Å²) in [5, 5.41) is 6.77. The van der Waals surface area contributed by atoms with Crippen LogP contribution in [0.25, 0.3) is 0 Å². The van der Waals surface area contributed by atoms with Crippen LogP contribution in [0, 0.1) is 6.92 Å². The maximum Gasteiger partial charge on any atom is 0.237 e. The number of nitrogens with zero attached hydrogens (tertiary/aromatic N) is 1. The molecule has 0 aliphatic rings. The van der Waals surface area contributed by atoms with Gasteiger partial charge in [0.15, 0.2) is 0 Å². The third-order valence-electron chi connectivity index (χ3n) is 1.52. The molecule has 0 fully saturated rings. The van der Waals surface area contributed by atoms with E-state index in [-0.39, 0.29) is 12.4 Å². The molecule has 0 saturated carbocycles. The quantitative estimate of drug-likeness (QED) is 0.749. The highest BCUT2D eigenvalue weighted by Crippen LogP contribution is 2.16. The number of aromatic nitrogens is 2. The minimum absolute atomic E-state index is 0. The first-order valence-corrected chi connectivity index (χ1v) is 3.66. The molecule has 1 aromatic rings. The molecule has 0 radical (unpaired) electrons. The second-order valence-corrected chi connectivity index (χ2v) is 2.27. The van der Waals surface area contributed by atoms with Crippen LogP contribution in [0.2, 0.25) is 0 Å². The van der Waals surface area contributed by atoms with Gasteiger partial charge in [-0.1, -0.05) is 0 Å². The smallest absolute Gasteiger partial charge is 0.237 e. The molecule has 12 heavy (non-hydrogen) atoms. The van der Waals surface area contributed by atoms with Crippen molar-refractivity contribution in [2.45, 2.75) is 20.4 Å². The lowest BCUT2D eigenvalue weighted by Gasteiger charge is -1.99. The first-order valence-electron chi connectivity index (χ1n) is 3.66. The van der Waals surface area contributed by atoms with Crippen LogP contribution in [0.5, 0.6) is 5.88 Å². The molecule has 0 saturated heterocycles. The average Bonchev–Trinajstić information content (AvgIpc) is 2.33. The Bertz CT molecular complexity index is 237. The van der Waals surface area contributed by atoms with Crippen molar-refractivity contribution in [2.24, 2.45) is 5.73 Å². The highest BCUT2D eigenvalue weighted by molar-refractivity contribution is 5.85. The molecule has 0 unspecified atom stereocenters. The van der Waals surface area contributed by atoms with E-state index in [1.165, 1.54) is 0 Å². The number of hydrogen-bond donors (Lipinski definition) is 2. The van der Waals surface area contributed by atoms with E-state index in [2.05, 4.69) is 10.2 Å². The molecule has 5 heteroatoms. The van der Waals surface area contributed by atoms with Crippen molar-refractivity contribution < 1.29 is 4.74 Å². The summed E-state index contributed by atoms with van der Waals surface area (Å²) in [6, 6.07) is 0. The largest absolute Gasteiger partial charge is 0.477 e. The van der Waals surface area contributed by atoms with Crippen LogP contribution in [0.15, 0.2) is 0 Å². The summed E-state index contributed by atoms with van der Waals surface area (Å²) in [6.45, 7) is 4.94. The molecule has 4 nitrogen and oxygen atoms in total. The Morgan fingerprint density at radius 2 is 2.25 bits per heavy atom. The molecule has 0 bridgehead atoms. The molecule has 1 heterocycles. The van der Waals surface area contributed by atoms with Gasteiger partial charge in [-0.25, -0.2) is 0 Å². The molecule has 0 aliphatic carbocycles. The number of H-pyrrole nitrogens is 1. The third kappa shape index (κ3) is 2.12. The Labute approximate surface area is 77.9 Å². The highest BCUT2D eigenvalue weighted by atomic mass is 35.5. The van der Waals surface area contributed by atoms with Crippen LogP contribution in [-0.4, -0.2) is 16.8 Å². The van der Waals surface area contributed by atoms with Gasteiger partial charge in [0.1, 0.15) is 0 Å². The van der Waals surface area contributed by atoms with E-state index in [0.29, 0.717) is 19.0 Å². The summed E-state index contributed by atoms with van der Waals surface area (Å²) in [6.07, 6.45) is 0. The Kier molecular flexibility index (Phi) is 4.70. The van der Waals surface area contributed by atoms with E-state index < -0.39 is 0 Å². The predicted octanol–water partition coefficient (Wildman–Crippen LogP) is 0.997. The Hall–Kier alpha value is -0.740. The molecule has 0 spiro atoms. The highest BCUT2D eigenvalue weighted by Gasteiger charge is 2.07. The average molecular weight is 192 g/mol. The van der Waals surface area contributed by atoms with Gasteiger partial charge in [-0.05, 0) is 13.8 Å². The lowest BCUT2D eigenvalue weighted by atomic mass is 10.2. The fourth-order valence-corrected chi connectivity index (χ4v) is 0.926. The number of aryl methyl sites for hydroxylation is 1. The van der Waals surface area contributed by atoms with E-state index >= 15 is 0 Å². The molecule has 1 rings (SSSR count). The van der Waals surface area contributed by atoms with Crippen molar-refractivity contribution in [3.63, 3.8) is 0 Å². The van der Waals surface area contributed by atoms with Crippen molar-refractivity contribution >= 4 is 12.4 Å². The minimum Gasteiger partial charge on any atom is -0.477 e. The maximum atomic E-state index is 5.49. The molecular weight excluding hydrogens is 178 g/mol. The summed E-state index contributed by atoms with van der Waals surface area (Å²) < 4.78 is 5.23. The van der Waals surface area contributed by atoms with Crippen molar-refractivity contribution in [2.75, 3.05) is 6.61 Å².